The van der Waals surface area contributed by atoms with Gasteiger partial charge in [0.1, 0.15) is 17.1 Å². The van der Waals surface area contributed by atoms with Crippen LogP contribution in [0.5, 0.6) is 11.5 Å². The number of carbonyl (C=O) groups is 1. The molecule has 0 fully saturated rings. The highest BCUT2D eigenvalue weighted by atomic mass is 16.5. The largest absolute Gasteiger partial charge is 0.507 e. The molecule has 3 N–H and O–H groups in total. The fourth-order valence-electron chi connectivity index (χ4n) is 3.94. The van der Waals surface area contributed by atoms with Crippen LogP contribution in [0.25, 0.3) is 0 Å². The number of allylic oxidation sites excluding steroid dienone is 2. The van der Waals surface area contributed by atoms with Crippen molar-refractivity contribution in [1.82, 2.24) is 0 Å². The summed E-state index contributed by atoms with van der Waals surface area (Å²) in [5.74, 6) is -0.149. The van der Waals surface area contributed by atoms with Gasteiger partial charge < -0.3 is 20.1 Å². The highest BCUT2D eigenvalue weighted by molar-refractivity contribution is 5.79. The third-order valence-corrected chi connectivity index (χ3v) is 5.27. The third kappa shape index (κ3) is 3.29. The summed E-state index contributed by atoms with van der Waals surface area (Å²) >= 11 is 0. The minimum atomic E-state index is -0.996. The molecule has 1 aromatic rings. The number of carboxylic acids is 1. The van der Waals surface area contributed by atoms with Crippen LogP contribution in [0, 0.1) is 5.92 Å². The summed E-state index contributed by atoms with van der Waals surface area (Å²) in [5, 5.41) is 29.5. The highest BCUT2D eigenvalue weighted by Gasteiger charge is 2.47. The van der Waals surface area contributed by atoms with Gasteiger partial charge in [-0.05, 0) is 56.9 Å². The Morgan fingerprint density at radius 3 is 2.80 bits per heavy atom. The predicted molar refractivity (Wildman–Crippen MR) is 93.9 cm³/mol. The lowest BCUT2D eigenvalue weighted by atomic mass is 9.67. The second-order valence-corrected chi connectivity index (χ2v) is 7.47. The van der Waals surface area contributed by atoms with E-state index in [1.807, 2.05) is 32.9 Å². The summed E-state index contributed by atoms with van der Waals surface area (Å²) in [4.78, 5) is 10.6. The number of phenols is 1. The van der Waals surface area contributed by atoms with Gasteiger partial charge in [0.05, 0.1) is 6.10 Å². The van der Waals surface area contributed by atoms with Crippen LogP contribution in [0.15, 0.2) is 35.9 Å². The summed E-state index contributed by atoms with van der Waals surface area (Å²) in [6.45, 7) is 5.91. The Morgan fingerprint density at radius 1 is 1.40 bits per heavy atom. The van der Waals surface area contributed by atoms with Gasteiger partial charge in [-0.15, -0.1) is 0 Å². The predicted octanol–water partition coefficient (Wildman–Crippen LogP) is 3.16. The van der Waals surface area contributed by atoms with Gasteiger partial charge in [-0.3, -0.25) is 0 Å². The van der Waals surface area contributed by atoms with Crippen molar-refractivity contribution in [2.24, 2.45) is 5.92 Å². The Balaban J connectivity index is 2.03. The second kappa shape index (κ2) is 6.23. The number of aliphatic hydroxyl groups excluding tert-OH is 1. The summed E-state index contributed by atoms with van der Waals surface area (Å²) in [6.07, 6.45) is 5.19. The van der Waals surface area contributed by atoms with Gasteiger partial charge in [0.25, 0.3) is 0 Å². The van der Waals surface area contributed by atoms with Gasteiger partial charge in [0.15, 0.2) is 0 Å². The van der Waals surface area contributed by atoms with E-state index < -0.39 is 17.7 Å². The molecule has 1 aliphatic carbocycles. The third-order valence-electron chi connectivity index (χ3n) is 5.27. The first-order chi connectivity index (χ1) is 11.7. The maximum Gasteiger partial charge on any atom is 0.327 e. The monoisotopic (exact) mass is 344 g/mol. The van der Waals surface area contributed by atoms with Crippen molar-refractivity contribution < 1.29 is 24.9 Å². The topological polar surface area (TPSA) is 87.0 Å². The number of hydrogen-bond acceptors (Lipinski definition) is 4. The van der Waals surface area contributed by atoms with Crippen LogP contribution in [0.3, 0.4) is 0 Å². The molecule has 1 heterocycles. The summed E-state index contributed by atoms with van der Waals surface area (Å²) in [7, 11) is 0. The Labute approximate surface area is 147 Å². The number of aromatic hydroxyl groups is 1. The average molecular weight is 344 g/mol. The Kier molecular flexibility index (Phi) is 4.37. The number of hydrogen-bond donors (Lipinski definition) is 3. The van der Waals surface area contributed by atoms with E-state index in [1.54, 1.807) is 12.1 Å². The Bertz CT molecular complexity index is 760. The molecule has 1 aromatic carbocycles. The molecule has 3 unspecified atom stereocenters. The summed E-state index contributed by atoms with van der Waals surface area (Å²) in [6, 6.07) is 3.53. The van der Waals surface area contributed by atoms with E-state index in [4.69, 9.17) is 9.84 Å². The Morgan fingerprint density at radius 2 is 2.12 bits per heavy atom. The molecule has 2 aliphatic rings. The quantitative estimate of drug-likeness (QED) is 0.579. The molecule has 0 bridgehead atoms. The van der Waals surface area contributed by atoms with Gasteiger partial charge in [0, 0.05) is 23.5 Å². The standard InChI is InChI=1S/C20H24O5/c1-11-7-13-14(10-15(11)21)20(2,3)25-17-9-12(5-4-6-18(23)24)8-16(22)19(13)17/h4,6-9,13-15,21-22H,5,10H2,1-3H3,(H,23,24)/b6-4+. The molecule has 5 heteroatoms. The van der Waals surface area contributed by atoms with E-state index in [0.717, 1.165) is 22.8 Å². The fraction of sp³-hybridized carbons (Fsp3) is 0.450. The number of rotatable bonds is 3. The molecule has 0 aromatic heterocycles. The first kappa shape index (κ1) is 17.5. The lowest BCUT2D eigenvalue weighted by Gasteiger charge is -2.47. The molecule has 25 heavy (non-hydrogen) atoms. The van der Waals surface area contributed by atoms with Crippen LogP contribution >= 0.6 is 0 Å². The number of fused-ring (bicyclic) bond motifs is 3. The zero-order valence-corrected chi connectivity index (χ0v) is 14.7. The maximum atomic E-state index is 10.6. The molecule has 3 rings (SSSR count). The fourth-order valence-corrected chi connectivity index (χ4v) is 3.94. The van der Waals surface area contributed by atoms with Gasteiger partial charge in [0.2, 0.25) is 0 Å². The van der Waals surface area contributed by atoms with Crippen LogP contribution < -0.4 is 4.74 Å². The van der Waals surface area contributed by atoms with Crippen molar-refractivity contribution in [3.8, 4) is 11.5 Å². The lowest BCUT2D eigenvalue weighted by molar-refractivity contribution is -0.131. The Hall–Kier alpha value is -2.27. The second-order valence-electron chi connectivity index (χ2n) is 7.47. The van der Waals surface area contributed by atoms with Crippen molar-refractivity contribution in [3.05, 3.63) is 47.1 Å². The SMILES string of the molecule is CC1=CC2c3c(O)cc(C/C=C/C(=O)O)cc3OC(C)(C)C2CC1O. The zero-order valence-electron chi connectivity index (χ0n) is 14.7. The zero-order chi connectivity index (χ0) is 18.4. The van der Waals surface area contributed by atoms with Crippen LogP contribution in [-0.2, 0) is 11.2 Å². The van der Waals surface area contributed by atoms with E-state index in [-0.39, 0.29) is 17.6 Å². The number of aliphatic carboxylic acids is 1. The van der Waals surface area contributed by atoms with Gasteiger partial charge >= 0.3 is 5.97 Å². The first-order valence-corrected chi connectivity index (χ1v) is 8.49. The van der Waals surface area contributed by atoms with E-state index >= 15 is 0 Å². The molecule has 134 valence electrons. The van der Waals surface area contributed by atoms with Crippen LogP contribution in [0.4, 0.5) is 0 Å². The molecular weight excluding hydrogens is 320 g/mol. The van der Waals surface area contributed by atoms with Crippen molar-refractivity contribution in [2.75, 3.05) is 0 Å². The van der Waals surface area contributed by atoms with Crippen molar-refractivity contribution in [2.45, 2.75) is 51.2 Å². The van der Waals surface area contributed by atoms with Crippen LogP contribution in [0.2, 0.25) is 0 Å². The number of benzene rings is 1. The minimum Gasteiger partial charge on any atom is -0.507 e. The highest BCUT2D eigenvalue weighted by Crippen LogP contribution is 2.53. The van der Waals surface area contributed by atoms with E-state index in [1.165, 1.54) is 0 Å². The lowest BCUT2D eigenvalue weighted by Crippen LogP contribution is -2.47. The van der Waals surface area contributed by atoms with E-state index in [9.17, 15) is 15.0 Å². The smallest absolute Gasteiger partial charge is 0.327 e. The number of carboxylic acid groups (broad SMARTS) is 1. The van der Waals surface area contributed by atoms with Crippen molar-refractivity contribution in [3.63, 3.8) is 0 Å². The maximum absolute atomic E-state index is 10.6. The summed E-state index contributed by atoms with van der Waals surface area (Å²) in [5.41, 5.74) is 1.98. The summed E-state index contributed by atoms with van der Waals surface area (Å²) < 4.78 is 6.18. The molecule has 1 aliphatic heterocycles. The first-order valence-electron chi connectivity index (χ1n) is 8.49. The molecule has 0 saturated carbocycles. The molecule has 5 nitrogen and oxygen atoms in total. The van der Waals surface area contributed by atoms with Gasteiger partial charge in [-0.1, -0.05) is 12.2 Å². The minimum absolute atomic E-state index is 0.00855. The molecule has 0 radical (unpaired) electrons. The number of aliphatic hydroxyl groups is 1. The van der Waals surface area contributed by atoms with Gasteiger partial charge in [-0.25, -0.2) is 4.79 Å². The normalized spacial score (nSPS) is 27.2. The number of phenolic OH excluding ortho intramolecular Hbond substituents is 1. The van der Waals surface area contributed by atoms with E-state index in [0.29, 0.717) is 18.6 Å². The average Bonchev–Trinajstić information content (AvgIpc) is 2.48. The van der Waals surface area contributed by atoms with Crippen LogP contribution in [-0.4, -0.2) is 33.0 Å². The molecule has 3 atom stereocenters. The van der Waals surface area contributed by atoms with Crippen molar-refractivity contribution >= 4 is 5.97 Å². The molecule has 0 saturated heterocycles. The van der Waals surface area contributed by atoms with E-state index in [2.05, 4.69) is 0 Å². The molecule has 0 amide bonds. The number of ether oxygens (including phenoxy) is 1. The molecule has 0 spiro atoms. The van der Waals surface area contributed by atoms with Crippen molar-refractivity contribution in [1.29, 1.82) is 0 Å². The molecular formula is C20H24O5. The van der Waals surface area contributed by atoms with Crippen LogP contribution in [0.1, 0.15) is 44.2 Å². The van der Waals surface area contributed by atoms with Gasteiger partial charge in [-0.2, -0.15) is 0 Å².